The van der Waals surface area contributed by atoms with Crippen LogP contribution in [-0.2, 0) is 11.3 Å². The number of carbonyl (C=O) groups excluding carboxylic acids is 1. The van der Waals surface area contributed by atoms with E-state index in [1.165, 1.54) is 5.56 Å². The van der Waals surface area contributed by atoms with E-state index in [2.05, 4.69) is 22.8 Å². The van der Waals surface area contributed by atoms with E-state index in [-0.39, 0.29) is 5.91 Å². The van der Waals surface area contributed by atoms with Crippen LogP contribution in [0.1, 0.15) is 12.0 Å². The molecule has 1 amide bonds. The average molecular weight is 190 g/mol. The van der Waals surface area contributed by atoms with Crippen LogP contribution in [0.2, 0.25) is 0 Å². The number of rotatable bonds is 3. The highest BCUT2D eigenvalue weighted by molar-refractivity contribution is 5.78. The minimum Gasteiger partial charge on any atom is -0.354 e. The second-order valence-corrected chi connectivity index (χ2v) is 3.57. The first-order valence-corrected chi connectivity index (χ1v) is 4.88. The van der Waals surface area contributed by atoms with Gasteiger partial charge in [0.1, 0.15) is 0 Å². The van der Waals surface area contributed by atoms with Crippen LogP contribution in [0.5, 0.6) is 0 Å². The zero-order valence-electron chi connectivity index (χ0n) is 7.99. The van der Waals surface area contributed by atoms with E-state index in [1.807, 2.05) is 18.2 Å². The van der Waals surface area contributed by atoms with Crippen molar-refractivity contribution in [2.75, 3.05) is 6.54 Å². The van der Waals surface area contributed by atoms with Crippen LogP contribution in [0.15, 0.2) is 30.3 Å². The molecule has 1 unspecified atom stereocenters. The Hall–Kier alpha value is -1.35. The van der Waals surface area contributed by atoms with Crippen molar-refractivity contribution in [3.63, 3.8) is 0 Å². The molecule has 2 N–H and O–H groups in total. The highest BCUT2D eigenvalue weighted by Crippen LogP contribution is 2.02. The molecule has 1 fully saturated rings. The Morgan fingerprint density at radius 3 is 2.79 bits per heavy atom. The van der Waals surface area contributed by atoms with Crippen LogP contribution >= 0.6 is 0 Å². The summed E-state index contributed by atoms with van der Waals surface area (Å²) in [5, 5.41) is 6.15. The topological polar surface area (TPSA) is 41.1 Å². The molecular weight excluding hydrogens is 176 g/mol. The van der Waals surface area contributed by atoms with E-state index in [9.17, 15) is 4.79 Å². The van der Waals surface area contributed by atoms with Gasteiger partial charge in [0.05, 0.1) is 0 Å². The van der Waals surface area contributed by atoms with Gasteiger partial charge in [-0.2, -0.15) is 0 Å². The summed E-state index contributed by atoms with van der Waals surface area (Å²) in [4.78, 5) is 10.9. The molecule has 2 rings (SSSR count). The van der Waals surface area contributed by atoms with Crippen LogP contribution in [0.25, 0.3) is 0 Å². The second kappa shape index (κ2) is 4.24. The maximum absolute atomic E-state index is 10.9. The predicted octanol–water partition coefficient (Wildman–Crippen LogP) is 0.665. The Labute approximate surface area is 83.5 Å². The molecule has 1 aliphatic heterocycles. The van der Waals surface area contributed by atoms with Crippen LogP contribution < -0.4 is 10.6 Å². The van der Waals surface area contributed by atoms with E-state index in [1.54, 1.807) is 0 Å². The molecule has 0 saturated carbocycles. The molecule has 3 heteroatoms. The standard InChI is InChI=1S/C11H14N2O/c14-11-6-10(8-13-11)12-7-9-4-2-1-3-5-9/h1-5,10,12H,6-8H2,(H,13,14). The maximum atomic E-state index is 10.9. The minimum atomic E-state index is 0.149. The molecule has 14 heavy (non-hydrogen) atoms. The van der Waals surface area contributed by atoms with Gasteiger partial charge in [-0.25, -0.2) is 0 Å². The first-order chi connectivity index (χ1) is 6.84. The van der Waals surface area contributed by atoms with Crippen LogP contribution in [0, 0.1) is 0 Å². The summed E-state index contributed by atoms with van der Waals surface area (Å²) in [5.41, 5.74) is 1.26. The smallest absolute Gasteiger partial charge is 0.221 e. The van der Waals surface area contributed by atoms with Gasteiger partial charge in [0.2, 0.25) is 5.91 Å². The fraction of sp³-hybridized carbons (Fsp3) is 0.364. The normalized spacial score (nSPS) is 20.9. The Balaban J connectivity index is 1.80. The van der Waals surface area contributed by atoms with Gasteiger partial charge < -0.3 is 10.6 Å². The third-order valence-corrected chi connectivity index (χ3v) is 2.42. The number of benzene rings is 1. The molecule has 1 atom stereocenters. The Bertz CT molecular complexity index is 310. The molecule has 0 bridgehead atoms. The van der Waals surface area contributed by atoms with E-state index < -0.39 is 0 Å². The SMILES string of the molecule is O=C1CC(NCc2ccccc2)CN1. The summed E-state index contributed by atoms with van der Waals surface area (Å²) in [7, 11) is 0. The van der Waals surface area contributed by atoms with Gasteiger partial charge in [-0.05, 0) is 5.56 Å². The lowest BCUT2D eigenvalue weighted by Gasteiger charge is -2.09. The van der Waals surface area contributed by atoms with Crippen molar-refractivity contribution in [3.05, 3.63) is 35.9 Å². The van der Waals surface area contributed by atoms with Gasteiger partial charge in [0.15, 0.2) is 0 Å². The fourth-order valence-electron chi connectivity index (χ4n) is 1.61. The van der Waals surface area contributed by atoms with E-state index in [0.29, 0.717) is 12.5 Å². The quantitative estimate of drug-likeness (QED) is 0.735. The predicted molar refractivity (Wildman–Crippen MR) is 54.7 cm³/mol. The van der Waals surface area contributed by atoms with Crippen molar-refractivity contribution in [1.82, 2.24) is 10.6 Å². The lowest BCUT2D eigenvalue weighted by molar-refractivity contribution is -0.119. The zero-order valence-corrected chi connectivity index (χ0v) is 7.99. The van der Waals surface area contributed by atoms with Gasteiger partial charge in [0, 0.05) is 25.6 Å². The van der Waals surface area contributed by atoms with Crippen LogP contribution in [-0.4, -0.2) is 18.5 Å². The summed E-state index contributed by atoms with van der Waals surface area (Å²) in [6.45, 7) is 1.59. The zero-order chi connectivity index (χ0) is 9.80. The van der Waals surface area contributed by atoms with Crippen molar-refractivity contribution in [2.45, 2.75) is 19.0 Å². The molecule has 74 valence electrons. The number of carbonyl (C=O) groups is 1. The molecule has 1 aromatic rings. The van der Waals surface area contributed by atoms with E-state index in [0.717, 1.165) is 13.1 Å². The van der Waals surface area contributed by atoms with Gasteiger partial charge in [-0.15, -0.1) is 0 Å². The number of hydrogen-bond acceptors (Lipinski definition) is 2. The Kier molecular flexibility index (Phi) is 2.79. The minimum absolute atomic E-state index is 0.149. The maximum Gasteiger partial charge on any atom is 0.221 e. The molecule has 0 spiro atoms. The molecule has 0 aliphatic carbocycles. The van der Waals surface area contributed by atoms with E-state index >= 15 is 0 Å². The largest absolute Gasteiger partial charge is 0.354 e. The van der Waals surface area contributed by atoms with Crippen molar-refractivity contribution in [3.8, 4) is 0 Å². The number of nitrogens with one attached hydrogen (secondary N) is 2. The van der Waals surface area contributed by atoms with Crippen molar-refractivity contribution in [1.29, 1.82) is 0 Å². The summed E-state index contributed by atoms with van der Waals surface area (Å²) >= 11 is 0. The summed E-state index contributed by atoms with van der Waals surface area (Å²) in [6, 6.07) is 10.5. The highest BCUT2D eigenvalue weighted by atomic mass is 16.1. The molecule has 1 heterocycles. The fourth-order valence-corrected chi connectivity index (χ4v) is 1.61. The lowest BCUT2D eigenvalue weighted by Crippen LogP contribution is -2.30. The molecule has 0 aromatic heterocycles. The monoisotopic (exact) mass is 190 g/mol. The summed E-state index contributed by atoms with van der Waals surface area (Å²) < 4.78 is 0. The van der Waals surface area contributed by atoms with Crippen LogP contribution in [0.3, 0.4) is 0 Å². The summed E-state index contributed by atoms with van der Waals surface area (Å²) in [5.74, 6) is 0.149. The molecular formula is C11H14N2O. The van der Waals surface area contributed by atoms with E-state index in [4.69, 9.17) is 0 Å². The van der Waals surface area contributed by atoms with Gasteiger partial charge in [-0.3, -0.25) is 4.79 Å². The van der Waals surface area contributed by atoms with Crippen molar-refractivity contribution < 1.29 is 4.79 Å². The average Bonchev–Trinajstić information content (AvgIpc) is 2.63. The van der Waals surface area contributed by atoms with Gasteiger partial charge >= 0.3 is 0 Å². The third kappa shape index (κ3) is 2.33. The lowest BCUT2D eigenvalue weighted by atomic mass is 10.2. The van der Waals surface area contributed by atoms with Gasteiger partial charge in [0.25, 0.3) is 0 Å². The molecule has 3 nitrogen and oxygen atoms in total. The summed E-state index contributed by atoms with van der Waals surface area (Å²) in [6.07, 6.45) is 0.604. The molecule has 1 aromatic carbocycles. The molecule has 1 saturated heterocycles. The highest BCUT2D eigenvalue weighted by Gasteiger charge is 2.20. The molecule has 0 radical (unpaired) electrons. The van der Waals surface area contributed by atoms with Crippen molar-refractivity contribution >= 4 is 5.91 Å². The second-order valence-electron chi connectivity index (χ2n) is 3.57. The molecule has 1 aliphatic rings. The Morgan fingerprint density at radius 1 is 1.36 bits per heavy atom. The third-order valence-electron chi connectivity index (χ3n) is 2.42. The first-order valence-electron chi connectivity index (χ1n) is 4.88. The van der Waals surface area contributed by atoms with Crippen molar-refractivity contribution in [2.24, 2.45) is 0 Å². The Morgan fingerprint density at radius 2 is 2.14 bits per heavy atom. The number of hydrogen-bond donors (Lipinski definition) is 2. The first kappa shape index (κ1) is 9.21. The number of amides is 1. The van der Waals surface area contributed by atoms with Gasteiger partial charge in [-0.1, -0.05) is 30.3 Å². The van der Waals surface area contributed by atoms with Crippen LogP contribution in [0.4, 0.5) is 0 Å².